The number of benzene rings is 1. The minimum Gasteiger partial charge on any atom is -0.496 e. The largest absolute Gasteiger partial charge is 0.496 e. The van der Waals surface area contributed by atoms with Crippen LogP contribution in [0.2, 0.25) is 0 Å². The fraction of sp³-hybridized carbons (Fsp3) is 0.421. The Morgan fingerprint density at radius 2 is 1.96 bits per heavy atom. The number of hydrogen-bond acceptors (Lipinski definition) is 5. The van der Waals surface area contributed by atoms with Gasteiger partial charge in [0.25, 0.3) is 0 Å². The van der Waals surface area contributed by atoms with E-state index in [0.717, 1.165) is 59.1 Å². The molecule has 25 heavy (non-hydrogen) atoms. The summed E-state index contributed by atoms with van der Waals surface area (Å²) in [6, 6.07) is 8.01. The van der Waals surface area contributed by atoms with E-state index in [2.05, 4.69) is 30.3 Å². The first-order valence-electron chi connectivity index (χ1n) is 8.77. The number of methoxy groups -OCH3 is 1. The van der Waals surface area contributed by atoms with E-state index in [1.54, 1.807) is 7.11 Å². The summed E-state index contributed by atoms with van der Waals surface area (Å²) in [5.74, 6) is 2.56. The molecule has 0 aliphatic rings. The zero-order valence-corrected chi connectivity index (χ0v) is 15.3. The van der Waals surface area contributed by atoms with Crippen molar-refractivity contribution < 1.29 is 4.74 Å². The van der Waals surface area contributed by atoms with Gasteiger partial charge in [0.05, 0.1) is 12.8 Å². The van der Waals surface area contributed by atoms with Crippen LogP contribution in [0.4, 0.5) is 5.82 Å². The summed E-state index contributed by atoms with van der Waals surface area (Å²) in [4.78, 5) is 9.48. The molecule has 0 unspecified atom stereocenters. The predicted molar refractivity (Wildman–Crippen MR) is 100 cm³/mol. The molecule has 6 heteroatoms. The number of para-hydroxylation sites is 1. The number of aryl methyl sites for hydroxylation is 3. The van der Waals surface area contributed by atoms with E-state index < -0.39 is 0 Å². The molecule has 0 bridgehead atoms. The summed E-state index contributed by atoms with van der Waals surface area (Å²) in [6.45, 7) is 7.63. The van der Waals surface area contributed by atoms with E-state index in [1.165, 1.54) is 0 Å². The second-order valence-corrected chi connectivity index (χ2v) is 6.00. The van der Waals surface area contributed by atoms with Gasteiger partial charge in [0, 0.05) is 25.1 Å². The average Bonchev–Trinajstić information content (AvgIpc) is 2.96. The van der Waals surface area contributed by atoms with Gasteiger partial charge in [-0.15, -0.1) is 0 Å². The number of anilines is 1. The molecule has 0 saturated carbocycles. The van der Waals surface area contributed by atoms with Gasteiger partial charge >= 0.3 is 0 Å². The van der Waals surface area contributed by atoms with E-state index in [0.29, 0.717) is 6.54 Å². The second kappa shape index (κ2) is 7.51. The molecule has 0 amide bonds. The lowest BCUT2D eigenvalue weighted by Crippen LogP contribution is -2.08. The molecular formula is C19H25N5O. The third kappa shape index (κ3) is 3.43. The van der Waals surface area contributed by atoms with Crippen LogP contribution in [0.1, 0.15) is 37.4 Å². The van der Waals surface area contributed by atoms with Crippen molar-refractivity contribution >= 4 is 16.9 Å². The molecule has 132 valence electrons. The highest BCUT2D eigenvalue weighted by molar-refractivity contribution is 5.87. The van der Waals surface area contributed by atoms with E-state index in [9.17, 15) is 0 Å². The second-order valence-electron chi connectivity index (χ2n) is 6.00. The van der Waals surface area contributed by atoms with Gasteiger partial charge in [-0.2, -0.15) is 5.10 Å². The summed E-state index contributed by atoms with van der Waals surface area (Å²) < 4.78 is 7.41. The molecule has 2 heterocycles. The quantitative estimate of drug-likeness (QED) is 0.710. The smallest absolute Gasteiger partial charge is 0.156 e. The molecule has 0 aliphatic carbocycles. The number of fused-ring (bicyclic) bond motifs is 1. The Hall–Kier alpha value is -2.63. The standard InChI is InChI=1S/C19H25N5O/c1-5-9-16-21-17-13(3)23-24(6-2)18(17)19(22-16)20-12-14-10-7-8-11-15(14)25-4/h7-8,10-11H,5-6,9,12H2,1-4H3,(H,20,21,22). The Kier molecular flexibility index (Phi) is 5.16. The van der Waals surface area contributed by atoms with Crippen LogP contribution in [-0.4, -0.2) is 26.9 Å². The van der Waals surface area contributed by atoms with Gasteiger partial charge in [0.1, 0.15) is 22.6 Å². The number of nitrogens with one attached hydrogen (secondary N) is 1. The van der Waals surface area contributed by atoms with Gasteiger partial charge in [0.15, 0.2) is 5.82 Å². The van der Waals surface area contributed by atoms with E-state index in [1.807, 2.05) is 29.8 Å². The first-order chi connectivity index (χ1) is 12.2. The van der Waals surface area contributed by atoms with E-state index in [4.69, 9.17) is 14.7 Å². The molecule has 1 aromatic carbocycles. The van der Waals surface area contributed by atoms with Crippen LogP contribution in [0.3, 0.4) is 0 Å². The van der Waals surface area contributed by atoms with E-state index in [-0.39, 0.29) is 0 Å². The summed E-state index contributed by atoms with van der Waals surface area (Å²) in [5.41, 5.74) is 3.93. The lowest BCUT2D eigenvalue weighted by Gasteiger charge is -2.12. The third-order valence-corrected chi connectivity index (χ3v) is 4.21. The molecule has 1 N–H and O–H groups in total. The first-order valence-corrected chi connectivity index (χ1v) is 8.77. The normalized spacial score (nSPS) is 11.0. The molecule has 2 aromatic heterocycles. The molecule has 0 saturated heterocycles. The number of nitrogens with zero attached hydrogens (tertiary/aromatic N) is 4. The van der Waals surface area contributed by atoms with Crippen molar-refractivity contribution in [2.24, 2.45) is 0 Å². The SMILES string of the molecule is CCCc1nc(NCc2ccccc2OC)c2c(n1)c(C)nn2CC. The Morgan fingerprint density at radius 1 is 1.16 bits per heavy atom. The van der Waals surface area contributed by atoms with Crippen molar-refractivity contribution in [1.29, 1.82) is 0 Å². The fourth-order valence-corrected chi connectivity index (χ4v) is 2.99. The number of rotatable bonds is 7. The van der Waals surface area contributed by atoms with Crippen molar-refractivity contribution in [2.45, 2.75) is 46.7 Å². The van der Waals surface area contributed by atoms with E-state index >= 15 is 0 Å². The highest BCUT2D eigenvalue weighted by Crippen LogP contribution is 2.25. The summed E-state index contributed by atoms with van der Waals surface area (Å²) in [7, 11) is 1.69. The highest BCUT2D eigenvalue weighted by Gasteiger charge is 2.16. The summed E-state index contributed by atoms with van der Waals surface area (Å²) in [5, 5.41) is 8.08. The minimum absolute atomic E-state index is 0.635. The van der Waals surface area contributed by atoms with Crippen molar-refractivity contribution in [3.63, 3.8) is 0 Å². The summed E-state index contributed by atoms with van der Waals surface area (Å²) >= 11 is 0. The van der Waals surface area contributed by atoms with Crippen LogP contribution >= 0.6 is 0 Å². The maximum atomic E-state index is 5.44. The topological polar surface area (TPSA) is 64.9 Å². The molecule has 0 spiro atoms. The number of aromatic nitrogens is 4. The molecule has 0 fully saturated rings. The molecule has 0 radical (unpaired) electrons. The van der Waals surface area contributed by atoms with Gasteiger partial charge in [0.2, 0.25) is 0 Å². The van der Waals surface area contributed by atoms with Crippen LogP contribution in [0.5, 0.6) is 5.75 Å². The highest BCUT2D eigenvalue weighted by atomic mass is 16.5. The van der Waals surface area contributed by atoms with Gasteiger partial charge < -0.3 is 10.1 Å². The van der Waals surface area contributed by atoms with Crippen LogP contribution in [-0.2, 0) is 19.5 Å². The molecule has 6 nitrogen and oxygen atoms in total. The van der Waals surface area contributed by atoms with Crippen molar-refractivity contribution in [3.8, 4) is 5.75 Å². The van der Waals surface area contributed by atoms with Gasteiger partial charge in [-0.3, -0.25) is 4.68 Å². The Balaban J connectivity index is 2.01. The average molecular weight is 339 g/mol. The maximum absolute atomic E-state index is 5.44. The molecular weight excluding hydrogens is 314 g/mol. The van der Waals surface area contributed by atoms with Gasteiger partial charge in [-0.1, -0.05) is 25.1 Å². The zero-order valence-electron chi connectivity index (χ0n) is 15.3. The van der Waals surface area contributed by atoms with Gasteiger partial charge in [-0.05, 0) is 26.3 Å². The lowest BCUT2D eigenvalue weighted by molar-refractivity contribution is 0.410. The van der Waals surface area contributed by atoms with Gasteiger partial charge in [-0.25, -0.2) is 9.97 Å². The molecule has 3 rings (SSSR count). The molecule has 3 aromatic rings. The lowest BCUT2D eigenvalue weighted by atomic mass is 10.2. The first kappa shape index (κ1) is 17.2. The third-order valence-electron chi connectivity index (χ3n) is 4.21. The van der Waals surface area contributed by atoms with Crippen LogP contribution in [0.25, 0.3) is 11.0 Å². The Labute approximate surface area is 148 Å². The monoisotopic (exact) mass is 339 g/mol. The zero-order chi connectivity index (χ0) is 17.8. The minimum atomic E-state index is 0.635. The summed E-state index contributed by atoms with van der Waals surface area (Å²) in [6.07, 6.45) is 1.87. The molecule has 0 atom stereocenters. The number of ether oxygens (including phenoxy) is 1. The van der Waals surface area contributed by atoms with Crippen LogP contribution in [0, 0.1) is 6.92 Å². The number of hydrogen-bond donors (Lipinski definition) is 1. The van der Waals surface area contributed by atoms with Crippen molar-refractivity contribution in [2.75, 3.05) is 12.4 Å². The fourth-order valence-electron chi connectivity index (χ4n) is 2.99. The van der Waals surface area contributed by atoms with Crippen molar-refractivity contribution in [3.05, 3.63) is 41.3 Å². The van der Waals surface area contributed by atoms with Crippen LogP contribution in [0.15, 0.2) is 24.3 Å². The molecule has 0 aliphatic heterocycles. The predicted octanol–water partition coefficient (Wildman–Crippen LogP) is 3.73. The Bertz CT molecular complexity index is 872. The maximum Gasteiger partial charge on any atom is 0.156 e. The van der Waals surface area contributed by atoms with Crippen molar-refractivity contribution in [1.82, 2.24) is 19.7 Å². The van der Waals surface area contributed by atoms with Crippen LogP contribution < -0.4 is 10.1 Å². The Morgan fingerprint density at radius 3 is 2.68 bits per heavy atom.